The summed E-state index contributed by atoms with van der Waals surface area (Å²) in [5.41, 5.74) is 1.14. The molecular formula is C24H36N4O3. The van der Waals surface area contributed by atoms with Crippen molar-refractivity contribution in [2.24, 2.45) is 0 Å². The molecule has 1 aliphatic carbocycles. The van der Waals surface area contributed by atoms with Gasteiger partial charge in [0.15, 0.2) is 11.5 Å². The molecule has 7 heteroatoms. The Hall–Kier alpha value is -2.15. The minimum Gasteiger partial charge on any atom is -0.486 e. The van der Waals surface area contributed by atoms with Crippen LogP contribution in [-0.4, -0.2) is 85.4 Å². The van der Waals surface area contributed by atoms with E-state index in [2.05, 4.69) is 38.7 Å². The lowest BCUT2D eigenvalue weighted by Gasteiger charge is -2.44. The monoisotopic (exact) mass is 428 g/mol. The summed E-state index contributed by atoms with van der Waals surface area (Å²) in [4.78, 5) is 22.6. The number of nitrogens with zero attached hydrogens (tertiary/aromatic N) is 4. The van der Waals surface area contributed by atoms with Gasteiger partial charge in [-0.25, -0.2) is 4.79 Å². The van der Waals surface area contributed by atoms with Gasteiger partial charge in [0.25, 0.3) is 0 Å². The van der Waals surface area contributed by atoms with Crippen molar-refractivity contribution >= 4 is 11.7 Å². The van der Waals surface area contributed by atoms with Gasteiger partial charge >= 0.3 is 6.03 Å². The number of benzene rings is 1. The highest BCUT2D eigenvalue weighted by Crippen LogP contribution is 2.40. The summed E-state index contributed by atoms with van der Waals surface area (Å²) in [5, 5.41) is 0. The van der Waals surface area contributed by atoms with Gasteiger partial charge in [0.1, 0.15) is 19.4 Å². The number of ether oxygens (including phenoxy) is 2. The molecule has 0 spiro atoms. The van der Waals surface area contributed by atoms with E-state index >= 15 is 0 Å². The second kappa shape index (κ2) is 9.15. The molecule has 4 aliphatic rings. The number of hydrogen-bond acceptors (Lipinski definition) is 5. The molecule has 170 valence electrons. The van der Waals surface area contributed by atoms with Crippen LogP contribution in [0.15, 0.2) is 18.2 Å². The third-order valence-electron chi connectivity index (χ3n) is 7.28. The van der Waals surface area contributed by atoms with Gasteiger partial charge in [-0.2, -0.15) is 0 Å². The number of rotatable bonds is 5. The fourth-order valence-electron chi connectivity index (χ4n) is 5.73. The van der Waals surface area contributed by atoms with Crippen molar-refractivity contribution in [1.29, 1.82) is 0 Å². The maximum atomic E-state index is 13.3. The van der Waals surface area contributed by atoms with E-state index in [4.69, 9.17) is 9.47 Å². The molecule has 0 N–H and O–H groups in total. The SMILES string of the molecule is CCCN1CC(N2CCN(c3cccc4c3OCCO4)CC2)N(C2CCCCC2)C1=O. The Morgan fingerprint density at radius 1 is 1.00 bits per heavy atom. The lowest BCUT2D eigenvalue weighted by Crippen LogP contribution is -2.57. The highest BCUT2D eigenvalue weighted by Gasteiger charge is 2.44. The summed E-state index contributed by atoms with van der Waals surface area (Å²) < 4.78 is 11.7. The van der Waals surface area contributed by atoms with E-state index in [9.17, 15) is 4.79 Å². The van der Waals surface area contributed by atoms with E-state index in [1.165, 1.54) is 19.3 Å². The zero-order valence-corrected chi connectivity index (χ0v) is 18.8. The van der Waals surface area contributed by atoms with Gasteiger partial charge in [0, 0.05) is 38.8 Å². The molecule has 3 fully saturated rings. The smallest absolute Gasteiger partial charge is 0.321 e. The second-order valence-corrected chi connectivity index (χ2v) is 9.23. The molecule has 2 saturated heterocycles. The number of hydrogen-bond donors (Lipinski definition) is 0. The van der Waals surface area contributed by atoms with E-state index in [0.717, 1.165) is 75.7 Å². The first kappa shape index (κ1) is 20.7. The molecule has 1 saturated carbocycles. The van der Waals surface area contributed by atoms with Crippen LogP contribution in [0.4, 0.5) is 10.5 Å². The Morgan fingerprint density at radius 3 is 2.55 bits per heavy atom. The van der Waals surface area contributed by atoms with Crippen LogP contribution in [-0.2, 0) is 0 Å². The Bertz CT molecular complexity index is 774. The van der Waals surface area contributed by atoms with Gasteiger partial charge in [-0.15, -0.1) is 0 Å². The van der Waals surface area contributed by atoms with Gasteiger partial charge in [-0.1, -0.05) is 32.3 Å². The fraction of sp³-hybridized carbons (Fsp3) is 0.708. The zero-order valence-electron chi connectivity index (χ0n) is 18.8. The van der Waals surface area contributed by atoms with Crippen molar-refractivity contribution in [3.05, 3.63) is 18.2 Å². The number of urea groups is 1. The van der Waals surface area contributed by atoms with E-state index in [1.54, 1.807) is 0 Å². The second-order valence-electron chi connectivity index (χ2n) is 9.23. The Balaban J connectivity index is 1.29. The minimum absolute atomic E-state index is 0.216. The van der Waals surface area contributed by atoms with Gasteiger partial charge in [0.05, 0.1) is 12.2 Å². The summed E-state index contributed by atoms with van der Waals surface area (Å²) >= 11 is 0. The molecule has 0 bridgehead atoms. The Labute approximate surface area is 185 Å². The molecule has 3 heterocycles. The third kappa shape index (κ3) is 4.04. The summed E-state index contributed by atoms with van der Waals surface area (Å²) in [6, 6.07) is 6.86. The number of anilines is 1. The molecule has 1 aromatic rings. The normalized spacial score (nSPS) is 25.4. The molecular weight excluding hydrogens is 392 g/mol. The van der Waals surface area contributed by atoms with Crippen molar-refractivity contribution in [3.63, 3.8) is 0 Å². The van der Waals surface area contributed by atoms with Crippen LogP contribution in [0.3, 0.4) is 0 Å². The summed E-state index contributed by atoms with van der Waals surface area (Å²) in [7, 11) is 0. The molecule has 3 aliphatic heterocycles. The highest BCUT2D eigenvalue weighted by atomic mass is 16.6. The predicted octanol–water partition coefficient (Wildman–Crippen LogP) is 3.39. The summed E-state index contributed by atoms with van der Waals surface area (Å²) in [5.74, 6) is 1.74. The molecule has 1 unspecified atom stereocenters. The number of para-hydroxylation sites is 1. The third-order valence-corrected chi connectivity index (χ3v) is 7.28. The van der Waals surface area contributed by atoms with Crippen molar-refractivity contribution in [2.75, 3.05) is 57.4 Å². The summed E-state index contributed by atoms with van der Waals surface area (Å²) in [6.45, 7) is 8.91. The minimum atomic E-state index is 0.216. The van der Waals surface area contributed by atoms with Crippen LogP contribution in [0.5, 0.6) is 11.5 Å². The molecule has 1 aromatic carbocycles. The van der Waals surface area contributed by atoms with Gasteiger partial charge in [-0.05, 0) is 31.4 Å². The number of amides is 2. The first-order valence-electron chi connectivity index (χ1n) is 12.2. The van der Waals surface area contributed by atoms with Crippen molar-refractivity contribution in [2.45, 2.75) is 57.7 Å². The average molecular weight is 429 g/mol. The van der Waals surface area contributed by atoms with Crippen LogP contribution in [0.2, 0.25) is 0 Å². The predicted molar refractivity (Wildman–Crippen MR) is 121 cm³/mol. The number of fused-ring (bicyclic) bond motifs is 1. The van der Waals surface area contributed by atoms with Gasteiger partial charge in [0.2, 0.25) is 0 Å². The first-order valence-corrected chi connectivity index (χ1v) is 12.2. The van der Waals surface area contributed by atoms with Crippen molar-refractivity contribution in [3.8, 4) is 11.5 Å². The largest absolute Gasteiger partial charge is 0.486 e. The Morgan fingerprint density at radius 2 is 1.77 bits per heavy atom. The van der Waals surface area contributed by atoms with Crippen molar-refractivity contribution < 1.29 is 14.3 Å². The average Bonchev–Trinajstić information content (AvgIpc) is 3.15. The molecule has 1 atom stereocenters. The van der Waals surface area contributed by atoms with Gasteiger partial charge in [-0.3, -0.25) is 4.90 Å². The van der Waals surface area contributed by atoms with Crippen LogP contribution in [0.25, 0.3) is 0 Å². The quantitative estimate of drug-likeness (QED) is 0.720. The number of carbonyl (C=O) groups excluding carboxylic acids is 1. The lowest BCUT2D eigenvalue weighted by atomic mass is 9.94. The standard InChI is InChI=1S/C24H36N4O3/c1-2-11-27-18-22(28(24(27)29)19-7-4-3-5-8-19)26-14-12-25(13-15-26)20-9-6-10-21-23(20)31-17-16-30-21/h6,9-10,19,22H,2-5,7-8,11-18H2,1H3. The van der Waals surface area contributed by atoms with Gasteiger partial charge < -0.3 is 24.2 Å². The van der Waals surface area contributed by atoms with Crippen LogP contribution in [0, 0.1) is 0 Å². The molecule has 2 amide bonds. The van der Waals surface area contributed by atoms with Crippen molar-refractivity contribution in [1.82, 2.24) is 14.7 Å². The van der Waals surface area contributed by atoms with E-state index in [-0.39, 0.29) is 12.2 Å². The number of piperazine rings is 1. The first-order chi connectivity index (χ1) is 15.3. The van der Waals surface area contributed by atoms with Crippen LogP contribution in [0.1, 0.15) is 45.4 Å². The molecule has 0 radical (unpaired) electrons. The number of carbonyl (C=O) groups is 1. The fourth-order valence-corrected chi connectivity index (χ4v) is 5.73. The molecule has 7 nitrogen and oxygen atoms in total. The lowest BCUT2D eigenvalue weighted by molar-refractivity contribution is 0.0539. The topological polar surface area (TPSA) is 48.5 Å². The van der Waals surface area contributed by atoms with E-state index in [0.29, 0.717) is 19.3 Å². The molecule has 5 rings (SSSR count). The highest BCUT2D eigenvalue weighted by molar-refractivity contribution is 5.77. The maximum absolute atomic E-state index is 13.3. The molecule has 31 heavy (non-hydrogen) atoms. The Kier molecular flexibility index (Phi) is 6.12. The van der Waals surface area contributed by atoms with E-state index < -0.39 is 0 Å². The van der Waals surface area contributed by atoms with Crippen LogP contribution >= 0.6 is 0 Å². The summed E-state index contributed by atoms with van der Waals surface area (Å²) in [6.07, 6.45) is 7.38. The molecule has 0 aromatic heterocycles. The zero-order chi connectivity index (χ0) is 21.2. The van der Waals surface area contributed by atoms with E-state index in [1.807, 2.05) is 6.07 Å². The maximum Gasteiger partial charge on any atom is 0.321 e. The van der Waals surface area contributed by atoms with Crippen LogP contribution < -0.4 is 14.4 Å².